The molecule has 0 radical (unpaired) electrons. The molecule has 0 rings (SSSR count). The molecule has 0 aliphatic heterocycles. The van der Waals surface area contributed by atoms with E-state index in [0.717, 1.165) is 0 Å². The van der Waals surface area contributed by atoms with Gasteiger partial charge in [-0.25, -0.2) is 0 Å². The van der Waals surface area contributed by atoms with Crippen LogP contribution in [0.4, 0.5) is 0 Å². The monoisotopic (exact) mass is 200 g/mol. The number of ether oxygens (including phenoxy) is 2. The van der Waals surface area contributed by atoms with Crippen LogP contribution in [0.15, 0.2) is 12.7 Å². The van der Waals surface area contributed by atoms with Gasteiger partial charge in [-0.2, -0.15) is 0 Å². The third-order valence-corrected chi connectivity index (χ3v) is 1.62. The maximum atomic E-state index is 9.58. The van der Waals surface area contributed by atoms with Gasteiger partial charge in [0.15, 0.2) is 0 Å². The minimum Gasteiger partial charge on any atom is -0.388 e. The second kappa shape index (κ2) is 5.13. The minimum absolute atomic E-state index is 0.189. The van der Waals surface area contributed by atoms with Gasteiger partial charge in [-0.05, 0) is 19.9 Å². The van der Waals surface area contributed by atoms with E-state index in [-0.39, 0.29) is 6.61 Å². The fourth-order valence-corrected chi connectivity index (χ4v) is 0.794. The molecule has 14 heavy (non-hydrogen) atoms. The van der Waals surface area contributed by atoms with Crippen LogP contribution in [0.5, 0.6) is 0 Å². The van der Waals surface area contributed by atoms with E-state index in [2.05, 4.69) is 12.5 Å². The Morgan fingerprint density at radius 3 is 2.50 bits per heavy atom. The summed E-state index contributed by atoms with van der Waals surface area (Å²) in [5, 5.41) is 18.4. The Balaban J connectivity index is 4.60. The van der Waals surface area contributed by atoms with Crippen molar-refractivity contribution < 1.29 is 19.7 Å². The first-order chi connectivity index (χ1) is 6.45. The molecule has 4 heteroatoms. The van der Waals surface area contributed by atoms with Crippen molar-refractivity contribution in [3.05, 3.63) is 12.7 Å². The van der Waals surface area contributed by atoms with E-state index >= 15 is 0 Å². The van der Waals surface area contributed by atoms with Crippen molar-refractivity contribution in [3.63, 3.8) is 0 Å². The minimum atomic E-state index is -2.08. The highest BCUT2D eigenvalue weighted by Gasteiger charge is 2.35. The smallest absolute Gasteiger partial charge is 0.306 e. The normalized spacial score (nSPS) is 19.1. The Kier molecular flexibility index (Phi) is 4.81. The summed E-state index contributed by atoms with van der Waals surface area (Å²) < 4.78 is 9.86. The van der Waals surface area contributed by atoms with Crippen LogP contribution in [0.2, 0.25) is 0 Å². The number of hydrogen-bond acceptors (Lipinski definition) is 4. The molecule has 0 saturated carbocycles. The van der Waals surface area contributed by atoms with Gasteiger partial charge in [-0.3, -0.25) is 0 Å². The van der Waals surface area contributed by atoms with Crippen LogP contribution in [0, 0.1) is 12.3 Å². The van der Waals surface area contributed by atoms with Crippen LogP contribution in [0.3, 0.4) is 0 Å². The summed E-state index contributed by atoms with van der Waals surface area (Å²) >= 11 is 0. The van der Waals surface area contributed by atoms with Crippen molar-refractivity contribution in [2.75, 3.05) is 13.2 Å². The molecule has 0 aromatic heterocycles. The lowest BCUT2D eigenvalue weighted by atomic mass is 10.1. The van der Waals surface area contributed by atoms with Gasteiger partial charge in [0.1, 0.15) is 12.2 Å². The zero-order chi connectivity index (χ0) is 11.2. The third-order valence-electron chi connectivity index (χ3n) is 1.62. The fraction of sp³-hybridized carbons (Fsp3) is 0.600. The average Bonchev–Trinajstić information content (AvgIpc) is 2.18. The lowest BCUT2D eigenvalue weighted by Gasteiger charge is -2.32. The zero-order valence-electron chi connectivity index (χ0n) is 8.49. The van der Waals surface area contributed by atoms with Crippen molar-refractivity contribution >= 4 is 0 Å². The van der Waals surface area contributed by atoms with Gasteiger partial charge in [0.2, 0.25) is 0 Å². The topological polar surface area (TPSA) is 58.9 Å². The van der Waals surface area contributed by atoms with E-state index < -0.39 is 18.2 Å². The Hall–Kier alpha value is -0.860. The van der Waals surface area contributed by atoms with Crippen molar-refractivity contribution in [1.29, 1.82) is 0 Å². The van der Waals surface area contributed by atoms with Gasteiger partial charge >= 0.3 is 5.97 Å². The van der Waals surface area contributed by atoms with Crippen LogP contribution >= 0.6 is 0 Å². The van der Waals surface area contributed by atoms with Crippen molar-refractivity contribution in [2.45, 2.75) is 25.4 Å². The highest BCUT2D eigenvalue weighted by Crippen LogP contribution is 2.20. The van der Waals surface area contributed by atoms with Crippen LogP contribution in [0.25, 0.3) is 0 Å². The molecule has 0 fully saturated rings. The number of aliphatic hydroxyl groups is 2. The Bertz CT molecular complexity index is 233. The van der Waals surface area contributed by atoms with Crippen molar-refractivity contribution in [2.24, 2.45) is 0 Å². The molecule has 0 aliphatic rings. The first kappa shape index (κ1) is 13.1. The number of aliphatic hydroxyl groups excluding tert-OH is 1. The van der Waals surface area contributed by atoms with Gasteiger partial charge in [0, 0.05) is 6.61 Å². The van der Waals surface area contributed by atoms with Crippen molar-refractivity contribution in [1.82, 2.24) is 0 Å². The molecule has 0 aromatic rings. The van der Waals surface area contributed by atoms with Gasteiger partial charge < -0.3 is 19.7 Å². The number of hydrogen-bond donors (Lipinski definition) is 2. The molecular weight excluding hydrogens is 184 g/mol. The summed E-state index contributed by atoms with van der Waals surface area (Å²) in [4.78, 5) is 0. The highest BCUT2D eigenvalue weighted by atomic mass is 16.8. The van der Waals surface area contributed by atoms with Crippen molar-refractivity contribution in [3.8, 4) is 12.3 Å². The second-order valence-electron chi connectivity index (χ2n) is 2.86. The summed E-state index contributed by atoms with van der Waals surface area (Å²) in [6.07, 6.45) is 6.52. The molecule has 0 heterocycles. The molecule has 2 N–H and O–H groups in total. The molecule has 0 saturated heterocycles. The lowest BCUT2D eigenvalue weighted by molar-refractivity contribution is -0.387. The van der Waals surface area contributed by atoms with Crippen LogP contribution in [0.1, 0.15) is 13.8 Å². The SMILES string of the molecule is C#CC(C)(C=C)OC(O)(CO)OCC. The van der Waals surface area contributed by atoms with E-state index in [4.69, 9.17) is 21.0 Å². The van der Waals surface area contributed by atoms with Gasteiger partial charge in [-0.15, -0.1) is 6.42 Å². The van der Waals surface area contributed by atoms with E-state index in [1.165, 1.54) is 13.0 Å². The maximum absolute atomic E-state index is 9.58. The average molecular weight is 200 g/mol. The fourth-order valence-electron chi connectivity index (χ4n) is 0.794. The van der Waals surface area contributed by atoms with E-state index in [9.17, 15) is 5.11 Å². The van der Waals surface area contributed by atoms with Crippen LogP contribution in [-0.2, 0) is 9.47 Å². The molecule has 0 amide bonds. The lowest BCUT2D eigenvalue weighted by Crippen LogP contribution is -2.46. The molecule has 0 spiro atoms. The molecule has 4 nitrogen and oxygen atoms in total. The Labute approximate surface area is 84.1 Å². The molecule has 0 aliphatic carbocycles. The standard InChI is InChI=1S/C10H16O4/c1-5-9(4,6-2)14-10(12,8-11)13-7-3/h1,6,11-12H,2,7-8H2,3-4H3. The molecular formula is C10H16O4. The Morgan fingerprint density at radius 1 is 1.64 bits per heavy atom. The number of terminal acetylenes is 1. The summed E-state index contributed by atoms with van der Waals surface area (Å²) in [7, 11) is 0. The predicted molar refractivity (Wildman–Crippen MR) is 52.2 cm³/mol. The van der Waals surface area contributed by atoms with Gasteiger partial charge in [-0.1, -0.05) is 12.5 Å². The highest BCUT2D eigenvalue weighted by molar-refractivity contribution is 5.16. The molecule has 80 valence electrons. The first-order valence-electron chi connectivity index (χ1n) is 4.24. The quantitative estimate of drug-likeness (QED) is 0.367. The van der Waals surface area contributed by atoms with E-state index in [1.54, 1.807) is 6.92 Å². The summed E-state index contributed by atoms with van der Waals surface area (Å²) in [6, 6.07) is 0. The molecule has 0 bridgehead atoms. The second-order valence-corrected chi connectivity index (χ2v) is 2.86. The Morgan fingerprint density at radius 2 is 2.21 bits per heavy atom. The van der Waals surface area contributed by atoms with Crippen LogP contribution in [-0.4, -0.2) is 35.0 Å². The zero-order valence-corrected chi connectivity index (χ0v) is 8.49. The first-order valence-corrected chi connectivity index (χ1v) is 4.24. The largest absolute Gasteiger partial charge is 0.388 e. The summed E-state index contributed by atoms with van der Waals surface area (Å²) in [5.41, 5.74) is -1.17. The molecule has 2 atom stereocenters. The number of rotatable bonds is 6. The van der Waals surface area contributed by atoms with Gasteiger partial charge in [0.25, 0.3) is 0 Å². The summed E-state index contributed by atoms with van der Waals surface area (Å²) in [5.74, 6) is 0.206. The van der Waals surface area contributed by atoms with Gasteiger partial charge in [0.05, 0.1) is 0 Å². The summed E-state index contributed by atoms with van der Waals surface area (Å²) in [6.45, 7) is 6.14. The van der Waals surface area contributed by atoms with E-state index in [0.29, 0.717) is 0 Å². The van der Waals surface area contributed by atoms with Crippen LogP contribution < -0.4 is 0 Å². The third kappa shape index (κ3) is 3.48. The molecule has 0 aromatic carbocycles. The molecule has 2 unspecified atom stereocenters. The van der Waals surface area contributed by atoms with E-state index in [1.807, 2.05) is 0 Å². The predicted octanol–water partition coefficient (Wildman–Crippen LogP) is 0.256. The maximum Gasteiger partial charge on any atom is 0.306 e.